The molecule has 0 radical (unpaired) electrons. The molecule has 0 aliphatic rings. The van der Waals surface area contributed by atoms with Crippen LogP contribution in [0.1, 0.15) is 18.1 Å². The van der Waals surface area contributed by atoms with Gasteiger partial charge in [0, 0.05) is 18.3 Å². The number of aromatic nitrogens is 1. The predicted octanol–water partition coefficient (Wildman–Crippen LogP) is 3.58. The third kappa shape index (κ3) is 2.59. The van der Waals surface area contributed by atoms with Gasteiger partial charge in [0.1, 0.15) is 5.52 Å². The fraction of sp³-hybridized carbons (Fsp3) is 0.188. The Morgan fingerprint density at radius 3 is 2.60 bits per heavy atom. The number of rotatable bonds is 4. The minimum absolute atomic E-state index is 0.519. The van der Waals surface area contributed by atoms with Crippen LogP contribution in [0.4, 0.5) is 11.7 Å². The third-order valence-corrected chi connectivity index (χ3v) is 3.29. The molecule has 4 nitrogen and oxygen atoms in total. The van der Waals surface area contributed by atoms with Gasteiger partial charge in [-0.1, -0.05) is 31.2 Å². The summed E-state index contributed by atoms with van der Waals surface area (Å²) in [4.78, 5) is 4.37. The number of nitrogens with one attached hydrogen (secondary N) is 1. The number of anilines is 2. The van der Waals surface area contributed by atoms with Gasteiger partial charge in [-0.3, -0.25) is 0 Å². The van der Waals surface area contributed by atoms with E-state index < -0.39 is 0 Å². The molecule has 102 valence electrons. The van der Waals surface area contributed by atoms with Crippen molar-refractivity contribution in [2.24, 2.45) is 0 Å². The minimum Gasteiger partial charge on any atom is -0.423 e. The summed E-state index contributed by atoms with van der Waals surface area (Å²) in [5.74, 6) is 0. The molecule has 0 atom stereocenters. The highest BCUT2D eigenvalue weighted by Gasteiger charge is 2.05. The Morgan fingerprint density at radius 2 is 1.85 bits per heavy atom. The lowest BCUT2D eigenvalue weighted by Gasteiger charge is -2.03. The van der Waals surface area contributed by atoms with E-state index in [4.69, 9.17) is 10.2 Å². The molecule has 0 saturated carbocycles. The molecule has 3 rings (SSSR count). The number of nitrogen functional groups attached to an aromatic ring is 1. The number of nitrogens with zero attached hydrogens (tertiary/aromatic N) is 1. The SMILES string of the molecule is CCc1ccc(CNc2nc3ccc(N)cc3o2)cc1. The summed E-state index contributed by atoms with van der Waals surface area (Å²) >= 11 is 0. The van der Waals surface area contributed by atoms with Gasteiger partial charge >= 0.3 is 0 Å². The Morgan fingerprint density at radius 1 is 1.10 bits per heavy atom. The molecule has 3 N–H and O–H groups in total. The van der Waals surface area contributed by atoms with Crippen LogP contribution in [-0.4, -0.2) is 4.98 Å². The molecule has 0 fully saturated rings. The molecule has 0 bridgehead atoms. The number of hydrogen-bond acceptors (Lipinski definition) is 4. The Labute approximate surface area is 117 Å². The van der Waals surface area contributed by atoms with Gasteiger partial charge in [-0.2, -0.15) is 4.98 Å². The number of nitrogens with two attached hydrogens (primary N) is 1. The summed E-state index contributed by atoms with van der Waals surface area (Å²) in [6.07, 6.45) is 1.06. The molecule has 2 aromatic carbocycles. The summed E-state index contributed by atoms with van der Waals surface area (Å²) in [6.45, 7) is 2.84. The van der Waals surface area contributed by atoms with Crippen LogP contribution >= 0.6 is 0 Å². The molecular weight excluding hydrogens is 250 g/mol. The van der Waals surface area contributed by atoms with Crippen LogP contribution in [0.5, 0.6) is 0 Å². The first kappa shape index (κ1) is 12.5. The van der Waals surface area contributed by atoms with E-state index in [1.165, 1.54) is 11.1 Å². The molecule has 4 heteroatoms. The van der Waals surface area contributed by atoms with Crippen molar-refractivity contribution in [1.29, 1.82) is 0 Å². The highest BCUT2D eigenvalue weighted by atomic mass is 16.4. The van der Waals surface area contributed by atoms with Crippen LogP contribution < -0.4 is 11.1 Å². The maximum atomic E-state index is 5.72. The molecule has 0 unspecified atom stereocenters. The minimum atomic E-state index is 0.519. The van der Waals surface area contributed by atoms with Crippen molar-refractivity contribution in [3.63, 3.8) is 0 Å². The van der Waals surface area contributed by atoms with Crippen LogP contribution in [0.25, 0.3) is 11.1 Å². The molecule has 0 aliphatic carbocycles. The summed E-state index contributed by atoms with van der Waals surface area (Å²) in [5, 5.41) is 3.19. The summed E-state index contributed by atoms with van der Waals surface area (Å²) in [6, 6.07) is 14.5. The average Bonchev–Trinajstić information content (AvgIpc) is 2.87. The standard InChI is InChI=1S/C16H17N3O/c1-2-11-3-5-12(6-4-11)10-18-16-19-14-8-7-13(17)9-15(14)20-16/h3-9H,2,10,17H2,1H3,(H,18,19). The lowest BCUT2D eigenvalue weighted by molar-refractivity contribution is 0.614. The molecule has 20 heavy (non-hydrogen) atoms. The fourth-order valence-electron chi connectivity index (χ4n) is 2.09. The van der Waals surface area contributed by atoms with Crippen molar-refractivity contribution in [3.8, 4) is 0 Å². The average molecular weight is 267 g/mol. The highest BCUT2D eigenvalue weighted by molar-refractivity contribution is 5.78. The second-order valence-electron chi connectivity index (χ2n) is 4.77. The number of hydrogen-bond donors (Lipinski definition) is 2. The van der Waals surface area contributed by atoms with Crippen LogP contribution in [0.2, 0.25) is 0 Å². The van der Waals surface area contributed by atoms with E-state index in [0.29, 0.717) is 23.8 Å². The summed E-state index contributed by atoms with van der Waals surface area (Å²) in [5.41, 5.74) is 10.4. The predicted molar refractivity (Wildman–Crippen MR) is 81.6 cm³/mol. The van der Waals surface area contributed by atoms with E-state index in [2.05, 4.69) is 41.5 Å². The van der Waals surface area contributed by atoms with Gasteiger partial charge in [-0.15, -0.1) is 0 Å². The van der Waals surface area contributed by atoms with E-state index in [0.717, 1.165) is 11.9 Å². The Balaban J connectivity index is 1.72. The van der Waals surface area contributed by atoms with Crippen molar-refractivity contribution in [3.05, 3.63) is 53.6 Å². The van der Waals surface area contributed by atoms with E-state index >= 15 is 0 Å². The van der Waals surface area contributed by atoms with Crippen LogP contribution in [0, 0.1) is 0 Å². The van der Waals surface area contributed by atoms with Crippen molar-refractivity contribution in [1.82, 2.24) is 4.98 Å². The molecule has 1 aromatic heterocycles. The Hall–Kier alpha value is -2.49. The molecule has 1 heterocycles. The van der Waals surface area contributed by atoms with Crippen LogP contribution in [0.15, 0.2) is 46.9 Å². The van der Waals surface area contributed by atoms with Crippen molar-refractivity contribution >= 4 is 22.8 Å². The second-order valence-corrected chi connectivity index (χ2v) is 4.77. The second kappa shape index (κ2) is 5.25. The van der Waals surface area contributed by atoms with Gasteiger partial charge in [-0.05, 0) is 29.7 Å². The van der Waals surface area contributed by atoms with Gasteiger partial charge < -0.3 is 15.5 Å². The summed E-state index contributed by atoms with van der Waals surface area (Å²) in [7, 11) is 0. The number of oxazole rings is 1. The first-order valence-corrected chi connectivity index (χ1v) is 6.72. The fourth-order valence-corrected chi connectivity index (χ4v) is 2.09. The zero-order chi connectivity index (χ0) is 13.9. The van der Waals surface area contributed by atoms with Crippen LogP contribution in [-0.2, 0) is 13.0 Å². The van der Waals surface area contributed by atoms with Crippen molar-refractivity contribution in [2.75, 3.05) is 11.1 Å². The largest absolute Gasteiger partial charge is 0.423 e. The van der Waals surface area contributed by atoms with Gasteiger partial charge in [0.2, 0.25) is 0 Å². The van der Waals surface area contributed by atoms with Gasteiger partial charge in [-0.25, -0.2) is 0 Å². The molecular formula is C16H17N3O. The smallest absolute Gasteiger partial charge is 0.295 e. The van der Waals surface area contributed by atoms with Gasteiger partial charge in [0.15, 0.2) is 5.58 Å². The Kier molecular flexibility index (Phi) is 3.29. The van der Waals surface area contributed by atoms with Gasteiger partial charge in [0.25, 0.3) is 6.01 Å². The Bertz CT molecular complexity index is 716. The van der Waals surface area contributed by atoms with Crippen molar-refractivity contribution in [2.45, 2.75) is 19.9 Å². The normalized spacial score (nSPS) is 10.8. The van der Waals surface area contributed by atoms with Crippen LogP contribution in [0.3, 0.4) is 0 Å². The lowest BCUT2D eigenvalue weighted by atomic mass is 10.1. The lowest BCUT2D eigenvalue weighted by Crippen LogP contribution is -1.99. The quantitative estimate of drug-likeness (QED) is 0.709. The van der Waals surface area contributed by atoms with Gasteiger partial charge in [0.05, 0.1) is 0 Å². The molecule has 0 saturated heterocycles. The molecule has 0 amide bonds. The maximum Gasteiger partial charge on any atom is 0.295 e. The van der Waals surface area contributed by atoms with E-state index in [-0.39, 0.29) is 0 Å². The molecule has 3 aromatic rings. The zero-order valence-corrected chi connectivity index (χ0v) is 11.4. The topological polar surface area (TPSA) is 64.1 Å². The molecule has 0 aliphatic heterocycles. The maximum absolute atomic E-state index is 5.72. The third-order valence-electron chi connectivity index (χ3n) is 3.29. The summed E-state index contributed by atoms with van der Waals surface area (Å²) < 4.78 is 5.61. The number of aryl methyl sites for hydroxylation is 1. The number of fused-ring (bicyclic) bond motifs is 1. The monoisotopic (exact) mass is 267 g/mol. The number of benzene rings is 2. The molecule has 0 spiro atoms. The van der Waals surface area contributed by atoms with E-state index in [1.807, 2.05) is 12.1 Å². The van der Waals surface area contributed by atoms with E-state index in [1.54, 1.807) is 6.07 Å². The first-order valence-electron chi connectivity index (χ1n) is 6.72. The van der Waals surface area contributed by atoms with Crippen molar-refractivity contribution < 1.29 is 4.42 Å². The zero-order valence-electron chi connectivity index (χ0n) is 11.4. The first-order chi connectivity index (χ1) is 9.74. The highest BCUT2D eigenvalue weighted by Crippen LogP contribution is 2.21. The van der Waals surface area contributed by atoms with E-state index in [9.17, 15) is 0 Å².